The van der Waals surface area contributed by atoms with Crippen molar-refractivity contribution in [2.24, 2.45) is 5.73 Å². The summed E-state index contributed by atoms with van der Waals surface area (Å²) in [6, 6.07) is 8.46. The van der Waals surface area contributed by atoms with Crippen molar-refractivity contribution in [3.8, 4) is 0 Å². The summed E-state index contributed by atoms with van der Waals surface area (Å²) in [5.41, 5.74) is 10.2. The summed E-state index contributed by atoms with van der Waals surface area (Å²) in [5.74, 6) is -1.16. The maximum atomic E-state index is 14.2. The summed E-state index contributed by atoms with van der Waals surface area (Å²) in [6.07, 6.45) is 0.0227. The molecule has 2 unspecified atom stereocenters. The number of hydrogen-bond acceptors (Lipinski definition) is 5. The first-order chi connectivity index (χ1) is 15.4. The number of ether oxygens (including phenoxy) is 1. The van der Waals surface area contributed by atoms with E-state index in [1.54, 1.807) is 6.07 Å². The Labute approximate surface area is 190 Å². The largest absolute Gasteiger partial charge is 0.370 e. The van der Waals surface area contributed by atoms with Crippen molar-refractivity contribution in [1.29, 1.82) is 0 Å². The molecule has 0 aliphatic carbocycles. The smallest absolute Gasteiger partial charge is 0.138 e. The predicted molar refractivity (Wildman–Crippen MR) is 119 cm³/mol. The van der Waals surface area contributed by atoms with E-state index in [1.165, 1.54) is 29.2 Å². The molecule has 4 nitrogen and oxygen atoms in total. The molecule has 0 amide bonds. The number of halogens is 3. The third-order valence-corrected chi connectivity index (χ3v) is 7.56. The van der Waals surface area contributed by atoms with Gasteiger partial charge in [0.15, 0.2) is 0 Å². The van der Waals surface area contributed by atoms with E-state index < -0.39 is 23.8 Å². The van der Waals surface area contributed by atoms with Gasteiger partial charge in [-0.15, -0.1) is 0 Å². The van der Waals surface area contributed by atoms with Crippen molar-refractivity contribution in [2.45, 2.75) is 36.4 Å². The first-order valence-corrected chi connectivity index (χ1v) is 11.6. The second-order valence-electron chi connectivity index (χ2n) is 8.91. The van der Waals surface area contributed by atoms with Crippen molar-refractivity contribution in [3.05, 3.63) is 76.1 Å². The van der Waals surface area contributed by atoms with Crippen LogP contribution >= 0.6 is 11.9 Å². The van der Waals surface area contributed by atoms with Gasteiger partial charge in [0, 0.05) is 43.8 Å². The van der Waals surface area contributed by atoms with E-state index in [0.717, 1.165) is 43.9 Å². The summed E-state index contributed by atoms with van der Waals surface area (Å²) < 4.78 is 50.1. The van der Waals surface area contributed by atoms with Gasteiger partial charge in [-0.05, 0) is 72.3 Å². The van der Waals surface area contributed by atoms with Gasteiger partial charge in [0.1, 0.15) is 23.6 Å². The number of hydrogen-bond donors (Lipinski definition) is 1. The SMILES string of the molecule is Cc1ccc(SN2CC3=C(C2)CN(C2CO[C@H](c4cc(F)ccc4F)C(N)C2)C3)c(F)c1. The standard InChI is InChI=1S/C24H26F3N3OS/c1-14-2-5-23(21(27)6-14)32-30-11-15-9-29(10-16(15)12-30)18-8-22(28)24(31-13-18)19-7-17(25)3-4-20(19)26/h2-7,18,22,24H,8-13,28H2,1H3/t18?,22?,24-/m1/s1. The highest BCUT2D eigenvalue weighted by molar-refractivity contribution is 7.97. The van der Waals surface area contributed by atoms with Crippen molar-refractivity contribution in [2.75, 3.05) is 32.8 Å². The molecule has 3 atom stereocenters. The Bertz CT molecular complexity index is 1040. The monoisotopic (exact) mass is 461 g/mol. The zero-order valence-corrected chi connectivity index (χ0v) is 18.7. The minimum absolute atomic E-state index is 0.138. The zero-order valence-electron chi connectivity index (χ0n) is 17.9. The second-order valence-corrected chi connectivity index (χ2v) is 10.0. The van der Waals surface area contributed by atoms with Crippen molar-refractivity contribution < 1.29 is 17.9 Å². The van der Waals surface area contributed by atoms with Gasteiger partial charge < -0.3 is 10.5 Å². The second kappa shape index (κ2) is 8.83. The van der Waals surface area contributed by atoms with Crippen molar-refractivity contribution in [1.82, 2.24) is 9.21 Å². The Morgan fingerprint density at radius 1 is 0.969 bits per heavy atom. The average molecular weight is 462 g/mol. The minimum atomic E-state index is -0.638. The lowest BCUT2D eigenvalue weighted by Gasteiger charge is -2.39. The summed E-state index contributed by atoms with van der Waals surface area (Å²) >= 11 is 1.47. The van der Waals surface area contributed by atoms with Crippen LogP contribution in [0.2, 0.25) is 0 Å². The summed E-state index contributed by atoms with van der Waals surface area (Å²) in [6.45, 7) is 5.60. The van der Waals surface area contributed by atoms with E-state index >= 15 is 0 Å². The molecule has 32 heavy (non-hydrogen) atoms. The lowest BCUT2D eigenvalue weighted by atomic mass is 9.93. The molecule has 5 rings (SSSR count). The molecule has 3 aliphatic rings. The van der Waals surface area contributed by atoms with E-state index in [2.05, 4.69) is 9.21 Å². The Hall–Kier alpha value is -1.84. The quantitative estimate of drug-likeness (QED) is 0.546. The van der Waals surface area contributed by atoms with Gasteiger partial charge >= 0.3 is 0 Å². The number of nitrogens with two attached hydrogens (primary N) is 1. The molecule has 0 bridgehead atoms. The normalized spacial score (nSPS) is 26.7. The van der Waals surface area contributed by atoms with E-state index in [9.17, 15) is 13.2 Å². The summed E-state index contributed by atoms with van der Waals surface area (Å²) in [7, 11) is 0. The Kier molecular flexibility index (Phi) is 6.07. The fourth-order valence-corrected chi connectivity index (χ4v) is 5.86. The van der Waals surface area contributed by atoms with Crippen molar-refractivity contribution in [3.63, 3.8) is 0 Å². The lowest BCUT2D eigenvalue weighted by molar-refractivity contribution is -0.0467. The van der Waals surface area contributed by atoms with E-state index in [0.29, 0.717) is 17.9 Å². The van der Waals surface area contributed by atoms with E-state index in [1.807, 2.05) is 19.1 Å². The summed E-state index contributed by atoms with van der Waals surface area (Å²) in [4.78, 5) is 3.01. The van der Waals surface area contributed by atoms with Crippen LogP contribution in [0, 0.1) is 24.4 Å². The number of rotatable bonds is 4. The fraction of sp³-hybridized carbons (Fsp3) is 0.417. The van der Waals surface area contributed by atoms with Crippen LogP contribution in [0.3, 0.4) is 0 Å². The Morgan fingerprint density at radius 2 is 1.72 bits per heavy atom. The molecule has 2 aromatic rings. The third-order valence-electron chi connectivity index (χ3n) is 6.52. The molecule has 0 saturated carbocycles. The molecule has 3 heterocycles. The van der Waals surface area contributed by atoms with Gasteiger partial charge in [-0.1, -0.05) is 6.07 Å². The van der Waals surface area contributed by atoms with Crippen LogP contribution in [0.5, 0.6) is 0 Å². The minimum Gasteiger partial charge on any atom is -0.370 e. The average Bonchev–Trinajstić information content (AvgIpc) is 3.31. The van der Waals surface area contributed by atoms with Gasteiger partial charge in [-0.25, -0.2) is 17.5 Å². The van der Waals surface area contributed by atoms with Gasteiger partial charge in [0.05, 0.1) is 11.5 Å². The molecule has 1 fully saturated rings. The predicted octanol–water partition coefficient (Wildman–Crippen LogP) is 4.20. The molecule has 2 N–H and O–H groups in total. The van der Waals surface area contributed by atoms with Gasteiger partial charge in [0.25, 0.3) is 0 Å². The van der Waals surface area contributed by atoms with Gasteiger partial charge in [0.2, 0.25) is 0 Å². The van der Waals surface area contributed by atoms with Crippen LogP contribution in [-0.2, 0) is 4.74 Å². The van der Waals surface area contributed by atoms with Crippen molar-refractivity contribution >= 4 is 11.9 Å². The number of benzene rings is 2. The number of nitrogens with zero attached hydrogens (tertiary/aromatic N) is 2. The van der Waals surface area contributed by atoms with Crippen LogP contribution < -0.4 is 5.73 Å². The van der Waals surface area contributed by atoms with E-state index in [-0.39, 0.29) is 17.4 Å². The third kappa shape index (κ3) is 4.34. The Balaban J connectivity index is 1.16. The molecule has 1 saturated heterocycles. The molecule has 170 valence electrons. The molecular formula is C24H26F3N3OS. The zero-order chi connectivity index (χ0) is 22.4. The Morgan fingerprint density at radius 3 is 2.41 bits per heavy atom. The van der Waals surface area contributed by atoms with Crippen LogP contribution in [0.25, 0.3) is 0 Å². The highest BCUT2D eigenvalue weighted by atomic mass is 32.2. The highest BCUT2D eigenvalue weighted by Crippen LogP contribution is 2.37. The van der Waals surface area contributed by atoms with Gasteiger partial charge in [-0.2, -0.15) is 0 Å². The summed E-state index contributed by atoms with van der Waals surface area (Å²) in [5, 5.41) is 0. The van der Waals surface area contributed by atoms with Crippen LogP contribution in [0.1, 0.15) is 23.7 Å². The first kappa shape index (κ1) is 22.0. The van der Waals surface area contributed by atoms with Crippen LogP contribution in [0.15, 0.2) is 52.4 Å². The molecule has 0 radical (unpaired) electrons. The molecule has 2 aromatic carbocycles. The molecule has 0 spiro atoms. The molecule has 8 heteroatoms. The molecular weight excluding hydrogens is 435 g/mol. The van der Waals surface area contributed by atoms with E-state index in [4.69, 9.17) is 10.5 Å². The lowest BCUT2D eigenvalue weighted by Crippen LogP contribution is -2.49. The topological polar surface area (TPSA) is 41.7 Å². The molecule has 3 aliphatic heterocycles. The van der Waals surface area contributed by atoms with Crippen LogP contribution in [0.4, 0.5) is 13.2 Å². The maximum Gasteiger partial charge on any atom is 0.138 e. The molecule has 0 aromatic heterocycles. The maximum absolute atomic E-state index is 14.2. The van der Waals surface area contributed by atoms with Crippen LogP contribution in [-0.4, -0.2) is 54.1 Å². The highest BCUT2D eigenvalue weighted by Gasteiger charge is 2.38. The fourth-order valence-electron chi connectivity index (χ4n) is 4.87. The first-order valence-electron chi connectivity index (χ1n) is 10.8. The van der Waals surface area contributed by atoms with Gasteiger partial charge in [-0.3, -0.25) is 4.90 Å². The number of aryl methyl sites for hydroxylation is 1.